The van der Waals surface area contributed by atoms with Crippen molar-refractivity contribution in [2.75, 3.05) is 0 Å². The van der Waals surface area contributed by atoms with Crippen molar-refractivity contribution in [1.29, 1.82) is 0 Å². The highest BCUT2D eigenvalue weighted by Crippen LogP contribution is 2.25. The van der Waals surface area contributed by atoms with Crippen molar-refractivity contribution in [2.45, 2.75) is 0 Å². The van der Waals surface area contributed by atoms with Crippen molar-refractivity contribution < 1.29 is 14.6 Å². The summed E-state index contributed by atoms with van der Waals surface area (Å²) in [6.07, 6.45) is 0. The first-order valence-electron chi connectivity index (χ1n) is 5.63. The minimum atomic E-state index is -0.631. The standard InChI is InChI=1S/C13H7ClN2O5/c14-12-7-10(16(20)21)4-5-11(12)13(17)8-2-1-3-9(6-8)15(18)19/h1-7H. The van der Waals surface area contributed by atoms with Crippen LogP contribution in [0.5, 0.6) is 0 Å². The molecule has 21 heavy (non-hydrogen) atoms. The zero-order valence-electron chi connectivity index (χ0n) is 10.4. The van der Waals surface area contributed by atoms with Gasteiger partial charge in [0, 0.05) is 35.4 Å². The van der Waals surface area contributed by atoms with E-state index < -0.39 is 15.6 Å². The van der Waals surface area contributed by atoms with Crippen LogP contribution in [0.2, 0.25) is 5.02 Å². The van der Waals surface area contributed by atoms with Gasteiger partial charge in [0.15, 0.2) is 5.78 Å². The highest BCUT2D eigenvalue weighted by atomic mass is 35.5. The Kier molecular flexibility index (Phi) is 3.95. The minimum absolute atomic E-state index is 0.0442. The second kappa shape index (κ2) is 5.68. The van der Waals surface area contributed by atoms with Gasteiger partial charge in [-0.2, -0.15) is 0 Å². The van der Waals surface area contributed by atoms with Crippen molar-refractivity contribution in [3.05, 3.63) is 78.8 Å². The van der Waals surface area contributed by atoms with Gasteiger partial charge in [-0.05, 0) is 6.07 Å². The molecule has 0 N–H and O–H groups in total. The molecule has 0 spiro atoms. The van der Waals surface area contributed by atoms with E-state index in [1.54, 1.807) is 0 Å². The first-order chi connectivity index (χ1) is 9.90. The van der Waals surface area contributed by atoms with Crippen molar-refractivity contribution in [3.8, 4) is 0 Å². The second-order valence-corrected chi connectivity index (χ2v) is 4.47. The quantitative estimate of drug-likeness (QED) is 0.489. The van der Waals surface area contributed by atoms with E-state index in [-0.39, 0.29) is 27.5 Å². The molecule has 0 amide bonds. The summed E-state index contributed by atoms with van der Waals surface area (Å²) in [4.78, 5) is 32.3. The van der Waals surface area contributed by atoms with Crippen molar-refractivity contribution >= 4 is 28.8 Å². The van der Waals surface area contributed by atoms with Gasteiger partial charge in [0.1, 0.15) is 0 Å². The maximum absolute atomic E-state index is 12.2. The molecule has 0 aromatic heterocycles. The van der Waals surface area contributed by atoms with Crippen LogP contribution in [0.4, 0.5) is 11.4 Å². The van der Waals surface area contributed by atoms with Gasteiger partial charge in [-0.15, -0.1) is 0 Å². The summed E-state index contributed by atoms with van der Waals surface area (Å²) in [5, 5.41) is 21.2. The van der Waals surface area contributed by atoms with Crippen LogP contribution in [0.3, 0.4) is 0 Å². The SMILES string of the molecule is O=C(c1cccc([N+](=O)[O-])c1)c1ccc([N+](=O)[O-])cc1Cl. The van der Waals surface area contributed by atoms with Crippen LogP contribution in [-0.4, -0.2) is 15.6 Å². The predicted molar refractivity (Wildman–Crippen MR) is 74.6 cm³/mol. The number of hydrogen-bond donors (Lipinski definition) is 0. The van der Waals surface area contributed by atoms with Gasteiger partial charge in [-0.3, -0.25) is 25.0 Å². The summed E-state index contributed by atoms with van der Waals surface area (Å²) < 4.78 is 0. The Morgan fingerprint density at radius 3 is 2.14 bits per heavy atom. The lowest BCUT2D eigenvalue weighted by Gasteiger charge is -2.03. The van der Waals surface area contributed by atoms with E-state index in [1.807, 2.05) is 0 Å². The number of non-ortho nitro benzene ring substituents is 2. The lowest BCUT2D eigenvalue weighted by Crippen LogP contribution is -2.03. The summed E-state index contributed by atoms with van der Waals surface area (Å²) in [7, 11) is 0. The van der Waals surface area contributed by atoms with Crippen LogP contribution in [0.15, 0.2) is 42.5 Å². The van der Waals surface area contributed by atoms with E-state index in [2.05, 4.69) is 0 Å². The molecule has 0 bridgehead atoms. The molecule has 2 aromatic carbocycles. The zero-order valence-corrected chi connectivity index (χ0v) is 11.1. The number of carbonyl (C=O) groups is 1. The summed E-state index contributed by atoms with van der Waals surface area (Å²) in [6.45, 7) is 0. The van der Waals surface area contributed by atoms with E-state index in [0.717, 1.165) is 18.2 Å². The van der Waals surface area contributed by atoms with Crippen LogP contribution in [0.25, 0.3) is 0 Å². The molecule has 2 aromatic rings. The van der Waals surface area contributed by atoms with E-state index in [9.17, 15) is 25.0 Å². The molecule has 2 rings (SSSR count). The van der Waals surface area contributed by atoms with Crippen LogP contribution < -0.4 is 0 Å². The number of hydrogen-bond acceptors (Lipinski definition) is 5. The van der Waals surface area contributed by atoms with Gasteiger partial charge in [0.05, 0.1) is 14.9 Å². The van der Waals surface area contributed by atoms with E-state index >= 15 is 0 Å². The van der Waals surface area contributed by atoms with Crippen molar-refractivity contribution in [3.63, 3.8) is 0 Å². The number of nitro benzene ring substituents is 2. The summed E-state index contributed by atoms with van der Waals surface area (Å²) in [5.74, 6) is -0.543. The number of rotatable bonds is 4. The van der Waals surface area contributed by atoms with Crippen molar-refractivity contribution in [2.24, 2.45) is 0 Å². The number of halogens is 1. The highest BCUT2D eigenvalue weighted by Gasteiger charge is 2.18. The number of carbonyl (C=O) groups excluding carboxylic acids is 1. The molecule has 0 aliphatic heterocycles. The Balaban J connectivity index is 2.43. The molecule has 0 radical (unpaired) electrons. The Morgan fingerprint density at radius 1 is 0.952 bits per heavy atom. The van der Waals surface area contributed by atoms with Gasteiger partial charge in [0.25, 0.3) is 11.4 Å². The maximum Gasteiger partial charge on any atom is 0.270 e. The summed E-state index contributed by atoms with van der Waals surface area (Å²) in [5.41, 5.74) is -0.336. The summed E-state index contributed by atoms with van der Waals surface area (Å²) in [6, 6.07) is 8.61. The third-order valence-electron chi connectivity index (χ3n) is 2.73. The Morgan fingerprint density at radius 2 is 1.57 bits per heavy atom. The summed E-state index contributed by atoms with van der Waals surface area (Å²) >= 11 is 5.86. The molecule has 0 atom stereocenters. The monoisotopic (exact) mass is 306 g/mol. The van der Waals surface area contributed by atoms with E-state index in [4.69, 9.17) is 11.6 Å². The van der Waals surface area contributed by atoms with Crippen LogP contribution in [0.1, 0.15) is 15.9 Å². The molecular weight excluding hydrogens is 300 g/mol. The topological polar surface area (TPSA) is 103 Å². The molecule has 0 fully saturated rings. The average Bonchev–Trinajstić information content (AvgIpc) is 2.46. The third kappa shape index (κ3) is 3.03. The minimum Gasteiger partial charge on any atom is -0.289 e. The Hall–Kier alpha value is -2.80. The Bertz CT molecular complexity index is 760. The molecule has 7 nitrogen and oxygen atoms in total. The van der Waals surface area contributed by atoms with Gasteiger partial charge >= 0.3 is 0 Å². The average molecular weight is 307 g/mol. The molecule has 106 valence electrons. The van der Waals surface area contributed by atoms with Crippen LogP contribution in [-0.2, 0) is 0 Å². The molecule has 8 heteroatoms. The van der Waals surface area contributed by atoms with E-state index in [0.29, 0.717) is 0 Å². The van der Waals surface area contributed by atoms with E-state index in [1.165, 1.54) is 24.3 Å². The van der Waals surface area contributed by atoms with Gasteiger partial charge in [-0.25, -0.2) is 0 Å². The number of nitro groups is 2. The molecule has 0 saturated carbocycles. The first-order valence-corrected chi connectivity index (χ1v) is 6.01. The maximum atomic E-state index is 12.2. The smallest absolute Gasteiger partial charge is 0.270 e. The number of benzene rings is 2. The van der Waals surface area contributed by atoms with Crippen LogP contribution in [0, 0.1) is 20.2 Å². The largest absolute Gasteiger partial charge is 0.289 e. The first kappa shape index (κ1) is 14.6. The lowest BCUT2D eigenvalue weighted by atomic mass is 10.0. The molecule has 0 aliphatic rings. The fourth-order valence-corrected chi connectivity index (χ4v) is 1.98. The third-order valence-corrected chi connectivity index (χ3v) is 3.04. The zero-order chi connectivity index (χ0) is 15.6. The second-order valence-electron chi connectivity index (χ2n) is 4.06. The molecule has 0 saturated heterocycles. The molecule has 0 aliphatic carbocycles. The molecule has 0 heterocycles. The molecule has 0 unspecified atom stereocenters. The fourth-order valence-electron chi connectivity index (χ4n) is 1.72. The van der Waals surface area contributed by atoms with Crippen molar-refractivity contribution in [1.82, 2.24) is 0 Å². The van der Waals surface area contributed by atoms with Gasteiger partial charge in [0.2, 0.25) is 0 Å². The number of ketones is 1. The normalized spacial score (nSPS) is 10.1. The fraction of sp³-hybridized carbons (Fsp3) is 0. The predicted octanol–water partition coefficient (Wildman–Crippen LogP) is 3.39. The lowest BCUT2D eigenvalue weighted by molar-refractivity contribution is -0.385. The van der Waals surface area contributed by atoms with Gasteiger partial charge in [-0.1, -0.05) is 23.7 Å². The number of nitrogens with zero attached hydrogens (tertiary/aromatic N) is 2. The van der Waals surface area contributed by atoms with Crippen LogP contribution >= 0.6 is 11.6 Å². The van der Waals surface area contributed by atoms with Gasteiger partial charge < -0.3 is 0 Å². The molecular formula is C13H7ClN2O5. The highest BCUT2D eigenvalue weighted by molar-refractivity contribution is 6.35. The Labute approximate surface area is 123 Å².